The second-order valence-corrected chi connectivity index (χ2v) is 2.79. The molecule has 0 aromatic heterocycles. The number of hydrogen-bond acceptors (Lipinski definition) is 1. The first kappa shape index (κ1) is 10.5. The molecule has 0 aliphatic heterocycles. The number of rotatable bonds is 6. The van der Waals surface area contributed by atoms with E-state index >= 15 is 0 Å². The smallest absolute Gasteiger partial charge is 0.330 e. The Morgan fingerprint density at radius 1 is 1.36 bits per heavy atom. The molecule has 0 aliphatic carbocycles. The van der Waals surface area contributed by atoms with Crippen LogP contribution in [0.15, 0.2) is 12.2 Å². The first-order valence-electron chi connectivity index (χ1n) is 3.65. The fourth-order valence-electron chi connectivity index (χ4n) is 0.717. The van der Waals surface area contributed by atoms with Crippen LogP contribution >= 0.6 is 11.6 Å². The second-order valence-electron chi connectivity index (χ2n) is 2.41. The van der Waals surface area contributed by atoms with Crippen molar-refractivity contribution in [3.63, 3.8) is 0 Å². The van der Waals surface area contributed by atoms with Gasteiger partial charge in [0.1, 0.15) is 0 Å². The quantitative estimate of drug-likeness (QED) is 0.384. The summed E-state index contributed by atoms with van der Waals surface area (Å²) in [4.78, 5) is 10.2. The van der Waals surface area contributed by atoms with Crippen LogP contribution in [0, 0.1) is 0 Å². The van der Waals surface area contributed by atoms with Crippen LogP contribution < -0.4 is 0 Å². The van der Waals surface area contributed by atoms with Gasteiger partial charge in [-0.25, -0.2) is 4.79 Å². The lowest BCUT2D eigenvalue weighted by atomic mass is 10.1. The Hall–Kier alpha value is -0.500. The van der Waals surface area contributed by atoms with E-state index < -0.39 is 5.97 Å². The Labute approximate surface area is 71.9 Å². The summed E-state index contributed by atoms with van der Waals surface area (Å²) in [5, 5.41) is 8.41. The van der Waals surface area contributed by atoms with E-state index in [4.69, 9.17) is 16.7 Å². The molecule has 0 aliphatic rings. The largest absolute Gasteiger partial charge is 0.478 e. The van der Waals surface area contributed by atoms with Gasteiger partial charge in [-0.1, -0.05) is 13.0 Å². The van der Waals surface area contributed by atoms with Crippen LogP contribution in [0.2, 0.25) is 0 Å². The van der Waals surface area contributed by atoms with Crippen molar-refractivity contribution in [1.82, 2.24) is 0 Å². The molecule has 64 valence electrons. The van der Waals surface area contributed by atoms with Gasteiger partial charge in [0.15, 0.2) is 0 Å². The number of unbranched alkanes of at least 4 members (excludes halogenated alkanes) is 2. The number of hydrogen-bond donors (Lipinski definition) is 1. The van der Waals surface area contributed by atoms with Gasteiger partial charge < -0.3 is 5.11 Å². The molecule has 11 heavy (non-hydrogen) atoms. The van der Waals surface area contributed by atoms with E-state index in [1.165, 1.54) is 0 Å². The summed E-state index contributed by atoms with van der Waals surface area (Å²) < 4.78 is 0. The molecular formula is C8H13ClO2. The average Bonchev–Trinajstić information content (AvgIpc) is 1.97. The van der Waals surface area contributed by atoms with Crippen molar-refractivity contribution in [1.29, 1.82) is 0 Å². The monoisotopic (exact) mass is 176 g/mol. The van der Waals surface area contributed by atoms with Crippen molar-refractivity contribution >= 4 is 17.6 Å². The SMILES string of the molecule is C=C(CCCCCCl)C(=O)O. The molecule has 0 aromatic rings. The van der Waals surface area contributed by atoms with Crippen LogP contribution in [0.3, 0.4) is 0 Å². The average molecular weight is 177 g/mol. The number of alkyl halides is 1. The Morgan fingerprint density at radius 2 is 2.00 bits per heavy atom. The minimum atomic E-state index is -0.893. The minimum Gasteiger partial charge on any atom is -0.478 e. The van der Waals surface area contributed by atoms with E-state index in [0.29, 0.717) is 17.9 Å². The highest BCUT2D eigenvalue weighted by Gasteiger charge is 2.01. The number of carbonyl (C=O) groups is 1. The fraction of sp³-hybridized carbons (Fsp3) is 0.625. The molecule has 0 unspecified atom stereocenters. The van der Waals surface area contributed by atoms with E-state index in [0.717, 1.165) is 19.3 Å². The van der Waals surface area contributed by atoms with Gasteiger partial charge in [0.05, 0.1) is 0 Å². The zero-order valence-electron chi connectivity index (χ0n) is 6.48. The molecule has 1 N–H and O–H groups in total. The van der Waals surface area contributed by atoms with Crippen LogP contribution in [-0.2, 0) is 4.79 Å². The Kier molecular flexibility index (Phi) is 5.94. The van der Waals surface area contributed by atoms with Gasteiger partial charge in [-0.05, 0) is 19.3 Å². The lowest BCUT2D eigenvalue weighted by Gasteiger charge is -1.98. The molecule has 0 radical (unpaired) electrons. The van der Waals surface area contributed by atoms with Gasteiger partial charge in [-0.2, -0.15) is 0 Å². The number of halogens is 1. The minimum absolute atomic E-state index is 0.291. The van der Waals surface area contributed by atoms with Gasteiger partial charge in [-0.15, -0.1) is 11.6 Å². The predicted molar refractivity (Wildman–Crippen MR) is 46.0 cm³/mol. The molecule has 0 saturated carbocycles. The zero-order valence-corrected chi connectivity index (χ0v) is 7.23. The van der Waals surface area contributed by atoms with Crippen molar-refractivity contribution < 1.29 is 9.90 Å². The Bertz CT molecular complexity index is 143. The molecule has 0 bridgehead atoms. The summed E-state index contributed by atoms with van der Waals surface area (Å²) >= 11 is 5.44. The van der Waals surface area contributed by atoms with Crippen LogP contribution in [0.5, 0.6) is 0 Å². The number of aliphatic carboxylic acids is 1. The maximum absolute atomic E-state index is 10.2. The predicted octanol–water partition coefficient (Wildman–Crippen LogP) is 2.43. The number of carboxylic acids is 1. The first-order valence-corrected chi connectivity index (χ1v) is 4.19. The molecular weight excluding hydrogens is 164 g/mol. The third kappa shape index (κ3) is 5.92. The molecule has 0 fully saturated rings. The molecule has 0 atom stereocenters. The van der Waals surface area contributed by atoms with Crippen LogP contribution in [0.25, 0.3) is 0 Å². The summed E-state index contributed by atoms with van der Waals surface area (Å²) in [6.45, 7) is 3.42. The van der Waals surface area contributed by atoms with E-state index in [9.17, 15) is 4.79 Å². The lowest BCUT2D eigenvalue weighted by Crippen LogP contribution is -1.98. The summed E-state index contributed by atoms with van der Waals surface area (Å²) in [6, 6.07) is 0. The first-order chi connectivity index (χ1) is 5.18. The summed E-state index contributed by atoms with van der Waals surface area (Å²) in [5.74, 6) is -0.240. The summed E-state index contributed by atoms with van der Waals surface area (Å²) in [7, 11) is 0. The van der Waals surface area contributed by atoms with E-state index in [2.05, 4.69) is 6.58 Å². The third-order valence-corrected chi connectivity index (χ3v) is 1.68. The van der Waals surface area contributed by atoms with Gasteiger partial charge in [-0.3, -0.25) is 0 Å². The van der Waals surface area contributed by atoms with Crippen molar-refractivity contribution in [3.05, 3.63) is 12.2 Å². The van der Waals surface area contributed by atoms with Crippen LogP contribution in [-0.4, -0.2) is 17.0 Å². The summed E-state index contributed by atoms with van der Waals surface area (Å²) in [6.07, 6.45) is 3.38. The highest BCUT2D eigenvalue weighted by Crippen LogP contribution is 2.07. The standard InChI is InChI=1S/C8H13ClO2/c1-7(8(10)11)5-3-2-4-6-9/h1-6H2,(H,10,11). The van der Waals surface area contributed by atoms with Crippen molar-refractivity contribution in [2.24, 2.45) is 0 Å². The molecule has 0 rings (SSSR count). The van der Waals surface area contributed by atoms with Crippen molar-refractivity contribution in [2.45, 2.75) is 25.7 Å². The maximum Gasteiger partial charge on any atom is 0.330 e. The van der Waals surface area contributed by atoms with E-state index in [-0.39, 0.29) is 0 Å². The Balaban J connectivity index is 3.25. The molecule has 0 aromatic carbocycles. The highest BCUT2D eigenvalue weighted by atomic mass is 35.5. The van der Waals surface area contributed by atoms with Crippen LogP contribution in [0.1, 0.15) is 25.7 Å². The maximum atomic E-state index is 10.2. The molecule has 2 nitrogen and oxygen atoms in total. The normalized spacial score (nSPS) is 9.55. The lowest BCUT2D eigenvalue weighted by molar-refractivity contribution is -0.132. The molecule has 0 heterocycles. The molecule has 3 heteroatoms. The van der Waals surface area contributed by atoms with Crippen LogP contribution in [0.4, 0.5) is 0 Å². The highest BCUT2D eigenvalue weighted by molar-refractivity contribution is 6.17. The van der Waals surface area contributed by atoms with Gasteiger partial charge in [0, 0.05) is 11.5 Å². The van der Waals surface area contributed by atoms with Crippen molar-refractivity contribution in [3.8, 4) is 0 Å². The van der Waals surface area contributed by atoms with E-state index in [1.54, 1.807) is 0 Å². The Morgan fingerprint density at radius 3 is 2.45 bits per heavy atom. The van der Waals surface area contributed by atoms with Gasteiger partial charge >= 0.3 is 5.97 Å². The van der Waals surface area contributed by atoms with Gasteiger partial charge in [0.2, 0.25) is 0 Å². The topological polar surface area (TPSA) is 37.3 Å². The van der Waals surface area contributed by atoms with Crippen molar-refractivity contribution in [2.75, 3.05) is 5.88 Å². The fourth-order valence-corrected chi connectivity index (χ4v) is 0.906. The zero-order chi connectivity index (χ0) is 8.69. The third-order valence-electron chi connectivity index (χ3n) is 1.41. The van der Waals surface area contributed by atoms with E-state index in [1.807, 2.05) is 0 Å². The molecule has 0 saturated heterocycles. The molecule has 0 spiro atoms. The van der Waals surface area contributed by atoms with Gasteiger partial charge in [0.25, 0.3) is 0 Å². The molecule has 0 amide bonds. The second kappa shape index (κ2) is 6.23. The number of carboxylic acid groups (broad SMARTS) is 1. The summed E-state index contributed by atoms with van der Waals surface area (Å²) in [5.41, 5.74) is 0.291.